The molecule has 1 atom stereocenters. The Morgan fingerprint density at radius 2 is 2.11 bits per heavy atom. The lowest BCUT2D eigenvalue weighted by Crippen LogP contribution is -2.41. The molecule has 4 aromatic rings. The van der Waals surface area contributed by atoms with Gasteiger partial charge in [0.2, 0.25) is 0 Å². The van der Waals surface area contributed by atoms with Gasteiger partial charge in [-0.15, -0.1) is 22.7 Å². The number of para-hydroxylation sites is 1. The quantitative estimate of drug-likeness (QED) is 0.518. The highest BCUT2D eigenvalue weighted by Gasteiger charge is 2.32. The molecule has 1 aromatic carbocycles. The van der Waals surface area contributed by atoms with Crippen LogP contribution in [0, 0.1) is 0 Å². The van der Waals surface area contributed by atoms with E-state index in [0.717, 1.165) is 34.5 Å². The summed E-state index contributed by atoms with van der Waals surface area (Å²) in [6.45, 7) is 0.630. The molecule has 0 saturated carbocycles. The molecule has 1 saturated heterocycles. The van der Waals surface area contributed by atoms with Crippen molar-refractivity contribution >= 4 is 43.8 Å². The molecule has 0 N–H and O–H groups in total. The molecule has 1 fully saturated rings. The first kappa shape index (κ1) is 16.6. The van der Waals surface area contributed by atoms with Gasteiger partial charge in [-0.1, -0.05) is 12.1 Å². The highest BCUT2D eigenvalue weighted by Crippen LogP contribution is 2.36. The summed E-state index contributed by atoms with van der Waals surface area (Å²) in [4.78, 5) is 37.4. The van der Waals surface area contributed by atoms with Crippen LogP contribution in [0.15, 0.2) is 46.8 Å². The summed E-state index contributed by atoms with van der Waals surface area (Å²) >= 11 is 3.00. The number of fused-ring (bicyclic) bond motifs is 2. The highest BCUT2D eigenvalue weighted by molar-refractivity contribution is 7.18. The summed E-state index contributed by atoms with van der Waals surface area (Å²) in [5.74, 6) is -0.253. The van der Waals surface area contributed by atoms with Crippen LogP contribution in [0.25, 0.3) is 15.2 Å². The predicted molar refractivity (Wildman–Crippen MR) is 107 cm³/mol. The lowest BCUT2D eigenvalue weighted by Gasteiger charge is -2.34. The van der Waals surface area contributed by atoms with Gasteiger partial charge >= 0.3 is 0 Å². The molecule has 27 heavy (non-hydrogen) atoms. The van der Waals surface area contributed by atoms with Gasteiger partial charge in [0.25, 0.3) is 11.5 Å². The standard InChI is InChI=1S/C19H16N4O2S2/c24-17(12-11-20-19-23(18(12)25)9-10-26-19)22-8-4-3-6-14(22)16-21-13-5-1-2-7-15(13)27-16/h1-2,5,7,9-11,14H,3-4,6,8H2. The smallest absolute Gasteiger partial charge is 0.271 e. The van der Waals surface area contributed by atoms with Gasteiger partial charge in [-0.2, -0.15) is 0 Å². The third-order valence-electron chi connectivity index (χ3n) is 4.93. The Bertz CT molecular complexity index is 1180. The van der Waals surface area contributed by atoms with E-state index >= 15 is 0 Å². The number of hydrogen-bond donors (Lipinski definition) is 0. The number of amides is 1. The van der Waals surface area contributed by atoms with Gasteiger partial charge < -0.3 is 4.90 Å². The van der Waals surface area contributed by atoms with Gasteiger partial charge in [-0.3, -0.25) is 14.0 Å². The fourth-order valence-corrected chi connectivity index (χ4v) is 5.38. The van der Waals surface area contributed by atoms with E-state index in [1.54, 1.807) is 27.8 Å². The average molecular weight is 396 g/mol. The Morgan fingerprint density at radius 1 is 1.22 bits per heavy atom. The number of likely N-dealkylation sites (tertiary alicyclic amines) is 1. The van der Waals surface area contributed by atoms with E-state index in [1.807, 2.05) is 24.3 Å². The summed E-state index contributed by atoms with van der Waals surface area (Å²) in [6.07, 6.45) is 5.92. The predicted octanol–water partition coefficient (Wildman–Crippen LogP) is 3.73. The monoisotopic (exact) mass is 396 g/mol. The fraction of sp³-hybridized carbons (Fsp3) is 0.263. The van der Waals surface area contributed by atoms with Crippen molar-refractivity contribution in [1.29, 1.82) is 0 Å². The van der Waals surface area contributed by atoms with E-state index < -0.39 is 0 Å². The third-order valence-corrected chi connectivity index (χ3v) is 6.84. The van der Waals surface area contributed by atoms with Crippen molar-refractivity contribution in [2.24, 2.45) is 0 Å². The van der Waals surface area contributed by atoms with Crippen LogP contribution in [0.3, 0.4) is 0 Å². The van der Waals surface area contributed by atoms with Crippen LogP contribution in [0.5, 0.6) is 0 Å². The summed E-state index contributed by atoms with van der Waals surface area (Å²) in [5, 5.41) is 2.73. The topological polar surface area (TPSA) is 67.6 Å². The van der Waals surface area contributed by atoms with Crippen LogP contribution >= 0.6 is 22.7 Å². The first-order chi connectivity index (χ1) is 13.2. The molecule has 0 bridgehead atoms. The molecule has 6 nitrogen and oxygen atoms in total. The van der Waals surface area contributed by atoms with Gasteiger partial charge in [0.05, 0.1) is 16.3 Å². The Kier molecular flexibility index (Phi) is 4.02. The van der Waals surface area contributed by atoms with E-state index in [0.29, 0.717) is 11.5 Å². The van der Waals surface area contributed by atoms with Crippen molar-refractivity contribution in [3.8, 4) is 0 Å². The molecule has 1 aliphatic rings. The van der Waals surface area contributed by atoms with Crippen molar-refractivity contribution in [3.63, 3.8) is 0 Å². The molecule has 1 aliphatic heterocycles. The van der Waals surface area contributed by atoms with Crippen molar-refractivity contribution in [1.82, 2.24) is 19.3 Å². The normalized spacial score (nSPS) is 17.6. The molecule has 3 aromatic heterocycles. The van der Waals surface area contributed by atoms with Crippen molar-refractivity contribution < 1.29 is 4.79 Å². The molecular weight excluding hydrogens is 380 g/mol. The minimum Gasteiger partial charge on any atom is -0.329 e. The number of aromatic nitrogens is 3. The molecule has 1 amide bonds. The van der Waals surface area contributed by atoms with Crippen LogP contribution < -0.4 is 5.56 Å². The third kappa shape index (κ3) is 2.76. The fourth-order valence-electron chi connectivity index (χ4n) is 3.59. The van der Waals surface area contributed by atoms with Crippen molar-refractivity contribution in [2.75, 3.05) is 6.54 Å². The SMILES string of the molecule is O=C(c1cnc2sccn2c1=O)N1CCCCC1c1nc2ccccc2s1. The van der Waals surface area contributed by atoms with Crippen LogP contribution in [-0.2, 0) is 0 Å². The Labute approximate surface area is 162 Å². The maximum Gasteiger partial charge on any atom is 0.271 e. The number of thiazole rings is 2. The summed E-state index contributed by atoms with van der Waals surface area (Å²) in [6, 6.07) is 7.91. The first-order valence-corrected chi connectivity index (χ1v) is 10.5. The second-order valence-electron chi connectivity index (χ2n) is 6.56. The lowest BCUT2D eigenvalue weighted by atomic mass is 10.0. The number of hydrogen-bond acceptors (Lipinski definition) is 6. The van der Waals surface area contributed by atoms with Gasteiger partial charge in [-0.05, 0) is 31.4 Å². The number of nitrogens with zero attached hydrogens (tertiary/aromatic N) is 4. The van der Waals surface area contributed by atoms with Gasteiger partial charge in [0.1, 0.15) is 10.6 Å². The zero-order chi connectivity index (χ0) is 18.4. The summed E-state index contributed by atoms with van der Waals surface area (Å²) in [5.41, 5.74) is 0.774. The summed E-state index contributed by atoms with van der Waals surface area (Å²) in [7, 11) is 0. The molecule has 136 valence electrons. The maximum absolute atomic E-state index is 13.2. The Morgan fingerprint density at radius 3 is 3.00 bits per heavy atom. The molecule has 5 rings (SSSR count). The molecule has 0 spiro atoms. The zero-order valence-corrected chi connectivity index (χ0v) is 16.0. The maximum atomic E-state index is 13.2. The van der Waals surface area contributed by atoms with Gasteiger partial charge in [0, 0.05) is 24.3 Å². The molecule has 8 heteroatoms. The van der Waals surface area contributed by atoms with Crippen LogP contribution in [0.1, 0.15) is 40.7 Å². The van der Waals surface area contributed by atoms with E-state index in [-0.39, 0.29) is 23.1 Å². The first-order valence-electron chi connectivity index (χ1n) is 8.84. The van der Waals surface area contributed by atoms with Crippen LogP contribution in [-0.4, -0.2) is 31.7 Å². The van der Waals surface area contributed by atoms with Gasteiger partial charge in [-0.25, -0.2) is 9.97 Å². The second kappa shape index (κ2) is 6.54. The van der Waals surface area contributed by atoms with E-state index in [9.17, 15) is 9.59 Å². The van der Waals surface area contributed by atoms with Crippen molar-refractivity contribution in [3.05, 3.63) is 63.0 Å². The van der Waals surface area contributed by atoms with E-state index in [1.165, 1.54) is 21.9 Å². The molecule has 4 heterocycles. The van der Waals surface area contributed by atoms with Crippen molar-refractivity contribution in [2.45, 2.75) is 25.3 Å². The number of piperidine rings is 1. The van der Waals surface area contributed by atoms with Crippen LogP contribution in [0.4, 0.5) is 0 Å². The average Bonchev–Trinajstić information content (AvgIpc) is 3.35. The lowest BCUT2D eigenvalue weighted by molar-refractivity contribution is 0.0609. The number of benzene rings is 1. The van der Waals surface area contributed by atoms with Gasteiger partial charge in [0.15, 0.2) is 4.96 Å². The van der Waals surface area contributed by atoms with E-state index in [4.69, 9.17) is 4.98 Å². The largest absolute Gasteiger partial charge is 0.329 e. The number of rotatable bonds is 2. The number of carbonyl (C=O) groups excluding carboxylic acids is 1. The molecule has 0 radical (unpaired) electrons. The molecular formula is C19H16N4O2S2. The molecule has 0 aliphatic carbocycles. The summed E-state index contributed by atoms with van der Waals surface area (Å²) < 4.78 is 2.56. The Balaban J connectivity index is 1.55. The minimum atomic E-state index is -0.306. The minimum absolute atomic E-state index is 0.0915. The second-order valence-corrected chi connectivity index (χ2v) is 8.50. The number of carbonyl (C=O) groups is 1. The molecule has 1 unspecified atom stereocenters. The highest BCUT2D eigenvalue weighted by atomic mass is 32.1. The zero-order valence-electron chi connectivity index (χ0n) is 14.4. The van der Waals surface area contributed by atoms with Crippen LogP contribution in [0.2, 0.25) is 0 Å². The Hall–Kier alpha value is -2.58. The van der Waals surface area contributed by atoms with E-state index in [2.05, 4.69) is 4.98 Å².